The number of hydrogen-bond acceptors (Lipinski definition) is 7. The maximum absolute atomic E-state index is 12.6. The standard InChI is InChI=1S/C18H31NO7/c1-7-24-15(20)14(16(21)25-8-2)12(3)13-11-23-10-9-19(13)17(22)26-18(4,5)6/h12-14H,7-11H2,1-6H3. The molecule has 2 unspecified atom stereocenters. The minimum Gasteiger partial charge on any atom is -0.465 e. The number of rotatable bonds is 6. The Kier molecular flexibility index (Phi) is 8.33. The highest BCUT2D eigenvalue weighted by Crippen LogP contribution is 2.27. The van der Waals surface area contributed by atoms with Crippen LogP contribution in [0.4, 0.5) is 4.79 Å². The minimum absolute atomic E-state index is 0.151. The van der Waals surface area contributed by atoms with E-state index in [0.717, 1.165) is 0 Å². The molecule has 8 nitrogen and oxygen atoms in total. The van der Waals surface area contributed by atoms with Crippen molar-refractivity contribution in [3.63, 3.8) is 0 Å². The van der Waals surface area contributed by atoms with E-state index in [1.807, 2.05) is 0 Å². The molecule has 2 atom stereocenters. The zero-order valence-corrected chi connectivity index (χ0v) is 16.6. The molecule has 8 heteroatoms. The van der Waals surface area contributed by atoms with Crippen LogP contribution in [0.2, 0.25) is 0 Å². The summed E-state index contributed by atoms with van der Waals surface area (Å²) < 4.78 is 21.0. The molecule has 1 aliphatic rings. The first-order valence-electron chi connectivity index (χ1n) is 9.03. The Hall–Kier alpha value is -1.83. The van der Waals surface area contributed by atoms with Crippen LogP contribution in [0.3, 0.4) is 0 Å². The van der Waals surface area contributed by atoms with Gasteiger partial charge in [0.2, 0.25) is 0 Å². The van der Waals surface area contributed by atoms with Crippen LogP contribution >= 0.6 is 0 Å². The van der Waals surface area contributed by atoms with Crippen LogP contribution in [0.1, 0.15) is 41.5 Å². The van der Waals surface area contributed by atoms with Gasteiger partial charge in [0.25, 0.3) is 0 Å². The largest absolute Gasteiger partial charge is 0.465 e. The molecule has 1 amide bonds. The SMILES string of the molecule is CCOC(=O)C(C(=O)OCC)C(C)C1COCCN1C(=O)OC(C)(C)C. The van der Waals surface area contributed by atoms with Gasteiger partial charge in [-0.15, -0.1) is 0 Å². The summed E-state index contributed by atoms with van der Waals surface area (Å²) in [6.45, 7) is 11.6. The van der Waals surface area contributed by atoms with E-state index in [4.69, 9.17) is 18.9 Å². The summed E-state index contributed by atoms with van der Waals surface area (Å²) in [6, 6.07) is -0.502. The van der Waals surface area contributed by atoms with E-state index in [1.54, 1.807) is 41.5 Å². The van der Waals surface area contributed by atoms with Crippen molar-refractivity contribution in [1.82, 2.24) is 4.90 Å². The summed E-state index contributed by atoms with van der Waals surface area (Å²) in [7, 11) is 0. The lowest BCUT2D eigenvalue weighted by Crippen LogP contribution is -2.55. The van der Waals surface area contributed by atoms with Gasteiger partial charge in [-0.05, 0) is 34.6 Å². The van der Waals surface area contributed by atoms with E-state index in [9.17, 15) is 14.4 Å². The van der Waals surface area contributed by atoms with Gasteiger partial charge >= 0.3 is 18.0 Å². The molecule has 0 aromatic rings. The normalized spacial score (nSPS) is 19.0. The second kappa shape index (κ2) is 9.75. The summed E-state index contributed by atoms with van der Waals surface area (Å²) in [5, 5.41) is 0. The highest BCUT2D eigenvalue weighted by atomic mass is 16.6. The van der Waals surface area contributed by atoms with Gasteiger partial charge in [-0.1, -0.05) is 6.92 Å². The fourth-order valence-corrected chi connectivity index (χ4v) is 2.82. The number of carbonyl (C=O) groups is 3. The zero-order chi connectivity index (χ0) is 19.9. The van der Waals surface area contributed by atoms with E-state index in [0.29, 0.717) is 13.2 Å². The van der Waals surface area contributed by atoms with Gasteiger partial charge in [0, 0.05) is 12.5 Å². The van der Waals surface area contributed by atoms with Crippen molar-refractivity contribution in [2.24, 2.45) is 11.8 Å². The molecule has 0 aliphatic carbocycles. The number of carbonyl (C=O) groups excluding carboxylic acids is 3. The molecule has 0 bridgehead atoms. The van der Waals surface area contributed by atoms with Gasteiger partial charge in [-0.3, -0.25) is 9.59 Å². The molecular weight excluding hydrogens is 342 g/mol. The topological polar surface area (TPSA) is 91.4 Å². The number of amides is 1. The van der Waals surface area contributed by atoms with Gasteiger partial charge < -0.3 is 23.8 Å². The fourth-order valence-electron chi connectivity index (χ4n) is 2.82. The fraction of sp³-hybridized carbons (Fsp3) is 0.833. The van der Waals surface area contributed by atoms with Crippen LogP contribution in [-0.4, -0.2) is 67.5 Å². The molecule has 1 fully saturated rings. The van der Waals surface area contributed by atoms with Crippen LogP contribution in [0.5, 0.6) is 0 Å². The van der Waals surface area contributed by atoms with Crippen molar-refractivity contribution >= 4 is 18.0 Å². The molecule has 1 rings (SSSR count). The van der Waals surface area contributed by atoms with Crippen molar-refractivity contribution in [1.29, 1.82) is 0 Å². The second-order valence-electron chi connectivity index (χ2n) is 7.16. The molecule has 0 aromatic heterocycles. The van der Waals surface area contributed by atoms with Crippen LogP contribution in [0.25, 0.3) is 0 Å². The Morgan fingerprint density at radius 3 is 2.12 bits per heavy atom. The minimum atomic E-state index is -1.13. The number of ether oxygens (including phenoxy) is 4. The van der Waals surface area contributed by atoms with Crippen LogP contribution in [0, 0.1) is 11.8 Å². The van der Waals surface area contributed by atoms with E-state index in [1.165, 1.54) is 4.90 Å². The maximum atomic E-state index is 12.6. The molecule has 26 heavy (non-hydrogen) atoms. The quantitative estimate of drug-likeness (QED) is 0.399. The Bertz CT molecular complexity index is 482. The summed E-state index contributed by atoms with van der Waals surface area (Å²) in [5.41, 5.74) is -0.648. The lowest BCUT2D eigenvalue weighted by Gasteiger charge is -2.40. The Morgan fingerprint density at radius 2 is 1.65 bits per heavy atom. The average Bonchev–Trinajstić information content (AvgIpc) is 2.54. The molecule has 0 radical (unpaired) electrons. The van der Waals surface area contributed by atoms with Gasteiger partial charge in [0.1, 0.15) is 5.60 Å². The molecule has 150 valence electrons. The lowest BCUT2D eigenvalue weighted by molar-refractivity contribution is -0.166. The number of nitrogens with zero attached hydrogens (tertiary/aromatic N) is 1. The average molecular weight is 373 g/mol. The molecule has 1 heterocycles. The summed E-state index contributed by atoms with van der Waals surface area (Å²) >= 11 is 0. The van der Waals surface area contributed by atoms with Crippen molar-refractivity contribution in [3.8, 4) is 0 Å². The maximum Gasteiger partial charge on any atom is 0.410 e. The highest BCUT2D eigenvalue weighted by Gasteiger charge is 2.44. The van der Waals surface area contributed by atoms with Crippen molar-refractivity contribution in [3.05, 3.63) is 0 Å². The number of morpholine rings is 1. The van der Waals surface area contributed by atoms with E-state index >= 15 is 0 Å². The van der Waals surface area contributed by atoms with Crippen LogP contribution in [0.15, 0.2) is 0 Å². The van der Waals surface area contributed by atoms with Crippen LogP contribution < -0.4 is 0 Å². The van der Waals surface area contributed by atoms with E-state index < -0.39 is 41.5 Å². The van der Waals surface area contributed by atoms with E-state index in [-0.39, 0.29) is 19.8 Å². The first kappa shape index (κ1) is 22.2. The molecular formula is C18H31NO7. The molecule has 1 aliphatic heterocycles. The van der Waals surface area contributed by atoms with Gasteiger partial charge in [0.05, 0.1) is 32.5 Å². The predicted octanol–water partition coefficient (Wildman–Crippen LogP) is 2.00. The third kappa shape index (κ3) is 6.16. The molecule has 0 N–H and O–H groups in total. The van der Waals surface area contributed by atoms with Gasteiger partial charge in [-0.25, -0.2) is 4.79 Å². The molecule has 0 aromatic carbocycles. The summed E-state index contributed by atoms with van der Waals surface area (Å²) in [5.74, 6) is -3.01. The molecule has 0 saturated carbocycles. The number of esters is 2. The summed E-state index contributed by atoms with van der Waals surface area (Å²) in [4.78, 5) is 38.8. The molecule has 0 spiro atoms. The second-order valence-corrected chi connectivity index (χ2v) is 7.16. The first-order valence-corrected chi connectivity index (χ1v) is 9.03. The van der Waals surface area contributed by atoms with Gasteiger partial charge in [0.15, 0.2) is 5.92 Å². The predicted molar refractivity (Wildman–Crippen MR) is 93.5 cm³/mol. The van der Waals surface area contributed by atoms with Crippen molar-refractivity contribution < 1.29 is 33.3 Å². The Labute approximate surface area is 155 Å². The number of hydrogen-bond donors (Lipinski definition) is 0. The van der Waals surface area contributed by atoms with Crippen LogP contribution in [-0.2, 0) is 28.5 Å². The van der Waals surface area contributed by atoms with Crippen molar-refractivity contribution in [2.75, 3.05) is 33.0 Å². The first-order chi connectivity index (χ1) is 12.1. The Balaban J connectivity index is 3.04. The van der Waals surface area contributed by atoms with E-state index in [2.05, 4.69) is 0 Å². The van der Waals surface area contributed by atoms with Gasteiger partial charge in [-0.2, -0.15) is 0 Å². The van der Waals surface area contributed by atoms with Crippen molar-refractivity contribution in [2.45, 2.75) is 53.2 Å². The Morgan fingerprint density at radius 1 is 1.12 bits per heavy atom. The lowest BCUT2D eigenvalue weighted by atomic mass is 9.86. The third-order valence-corrected chi connectivity index (χ3v) is 4.01. The molecule has 1 saturated heterocycles. The third-order valence-electron chi connectivity index (χ3n) is 4.01. The zero-order valence-electron chi connectivity index (χ0n) is 16.6. The monoisotopic (exact) mass is 373 g/mol. The summed E-state index contributed by atoms with van der Waals surface area (Å²) in [6.07, 6.45) is -0.496. The highest BCUT2D eigenvalue weighted by molar-refractivity contribution is 5.95. The smallest absolute Gasteiger partial charge is 0.410 e.